The first kappa shape index (κ1) is 24.9. The van der Waals surface area contributed by atoms with Crippen molar-refractivity contribution in [3.63, 3.8) is 0 Å². The third-order valence-electron chi connectivity index (χ3n) is 5.47. The van der Waals surface area contributed by atoms with Gasteiger partial charge in [-0.05, 0) is 26.0 Å². The number of halogens is 5. The van der Waals surface area contributed by atoms with E-state index in [1.165, 1.54) is 17.7 Å². The van der Waals surface area contributed by atoms with Gasteiger partial charge in [-0.1, -0.05) is 11.6 Å². The molecule has 2 aromatic heterocycles. The van der Waals surface area contributed by atoms with Crippen LogP contribution in [0.3, 0.4) is 0 Å². The molecule has 1 aliphatic heterocycles. The Morgan fingerprint density at radius 3 is 2.63 bits per heavy atom. The largest absolute Gasteiger partial charge is 0.480 e. The molecule has 35 heavy (non-hydrogen) atoms. The Hall–Kier alpha value is -3.16. The van der Waals surface area contributed by atoms with Crippen LogP contribution < -0.4 is 10.1 Å². The summed E-state index contributed by atoms with van der Waals surface area (Å²) in [6.07, 6.45) is -5.66. The second kappa shape index (κ2) is 8.81. The number of aromatic amines is 1. The van der Waals surface area contributed by atoms with Crippen LogP contribution in [-0.4, -0.2) is 56.3 Å². The Labute approximate surface area is 201 Å². The zero-order chi connectivity index (χ0) is 25.7. The van der Waals surface area contributed by atoms with E-state index in [0.29, 0.717) is 5.69 Å². The number of carbonyl (C=O) groups excluding carboxylic acids is 1. The van der Waals surface area contributed by atoms with Gasteiger partial charge in [0.15, 0.2) is 11.7 Å². The molecule has 1 atom stereocenters. The van der Waals surface area contributed by atoms with Crippen LogP contribution >= 0.6 is 11.6 Å². The minimum absolute atomic E-state index is 0.00761. The van der Waals surface area contributed by atoms with E-state index in [9.17, 15) is 23.1 Å². The van der Waals surface area contributed by atoms with Crippen LogP contribution in [0.4, 0.5) is 23.2 Å². The number of rotatable bonds is 6. The number of aliphatic hydroxyl groups is 1. The van der Waals surface area contributed by atoms with Crippen molar-refractivity contribution in [2.75, 3.05) is 18.5 Å². The van der Waals surface area contributed by atoms with E-state index < -0.39 is 40.9 Å². The molecular formula is C21H20ClF4N5O4. The van der Waals surface area contributed by atoms with E-state index >= 15 is 4.39 Å². The van der Waals surface area contributed by atoms with Crippen molar-refractivity contribution in [1.29, 1.82) is 0 Å². The fraction of sp³-hybridized carbons (Fsp3) is 0.381. The van der Waals surface area contributed by atoms with Crippen LogP contribution in [-0.2, 0) is 17.4 Å². The molecule has 0 spiro atoms. The average molecular weight is 518 g/mol. The smallest absolute Gasteiger partial charge is 0.425 e. The van der Waals surface area contributed by atoms with E-state index in [2.05, 4.69) is 20.5 Å². The number of aryl methyl sites for hydroxylation is 2. The summed E-state index contributed by atoms with van der Waals surface area (Å²) in [7, 11) is 1.57. The highest BCUT2D eigenvalue weighted by molar-refractivity contribution is 6.33. The summed E-state index contributed by atoms with van der Waals surface area (Å²) in [4.78, 5) is 17.1. The highest BCUT2D eigenvalue weighted by atomic mass is 35.5. The molecule has 3 N–H and O–H groups in total. The predicted molar refractivity (Wildman–Crippen MR) is 116 cm³/mol. The van der Waals surface area contributed by atoms with Crippen molar-refractivity contribution in [3.05, 3.63) is 46.4 Å². The first-order chi connectivity index (χ1) is 16.3. The Balaban J connectivity index is 1.77. The predicted octanol–water partition coefficient (Wildman–Crippen LogP) is 3.71. The number of H-pyrrole nitrogens is 1. The normalized spacial score (nSPS) is 16.0. The van der Waals surface area contributed by atoms with E-state index in [1.54, 1.807) is 7.05 Å². The molecule has 0 radical (unpaired) electrons. The van der Waals surface area contributed by atoms with Gasteiger partial charge in [0.05, 0.1) is 30.2 Å². The lowest BCUT2D eigenvalue weighted by atomic mass is 10.0. The Bertz CT molecular complexity index is 1270. The summed E-state index contributed by atoms with van der Waals surface area (Å²) < 4.78 is 66.4. The van der Waals surface area contributed by atoms with Gasteiger partial charge in [-0.25, -0.2) is 9.37 Å². The molecule has 1 aliphatic rings. The summed E-state index contributed by atoms with van der Waals surface area (Å²) in [5, 5.41) is 19.2. The number of ether oxygens (including phenoxy) is 2. The number of hydrogen-bond acceptors (Lipinski definition) is 6. The number of hydrogen-bond donors (Lipinski definition) is 3. The van der Waals surface area contributed by atoms with Gasteiger partial charge in [0, 0.05) is 18.8 Å². The van der Waals surface area contributed by atoms with Gasteiger partial charge >= 0.3 is 6.18 Å². The van der Waals surface area contributed by atoms with E-state index in [-0.39, 0.29) is 41.1 Å². The molecule has 1 aromatic carbocycles. The van der Waals surface area contributed by atoms with Gasteiger partial charge in [0.2, 0.25) is 0 Å². The highest BCUT2D eigenvalue weighted by Crippen LogP contribution is 2.36. The van der Waals surface area contributed by atoms with Crippen molar-refractivity contribution in [2.24, 2.45) is 7.05 Å². The number of alkyl halides is 3. The summed E-state index contributed by atoms with van der Waals surface area (Å²) in [5.74, 6) is -2.25. The first-order valence-electron chi connectivity index (χ1n) is 10.2. The molecule has 4 rings (SSSR count). The van der Waals surface area contributed by atoms with Crippen LogP contribution in [0.2, 0.25) is 5.15 Å². The van der Waals surface area contributed by atoms with Crippen LogP contribution in [0.15, 0.2) is 18.3 Å². The number of nitrogens with zero attached hydrogens (tertiary/aromatic N) is 3. The number of benzene rings is 1. The number of imidazole rings is 1. The number of nitrogens with one attached hydrogen (secondary N) is 2. The molecule has 0 unspecified atom stereocenters. The third kappa shape index (κ3) is 4.70. The quantitative estimate of drug-likeness (QED) is 0.430. The van der Waals surface area contributed by atoms with Gasteiger partial charge in [-0.2, -0.15) is 18.3 Å². The van der Waals surface area contributed by atoms with Crippen LogP contribution in [0.5, 0.6) is 5.75 Å². The van der Waals surface area contributed by atoms with Crippen LogP contribution in [0, 0.1) is 12.7 Å². The van der Waals surface area contributed by atoms with Crippen molar-refractivity contribution in [2.45, 2.75) is 31.7 Å². The maximum atomic E-state index is 15.2. The second-order valence-electron chi connectivity index (χ2n) is 8.17. The maximum absolute atomic E-state index is 15.2. The molecular weight excluding hydrogens is 498 g/mol. The van der Waals surface area contributed by atoms with Crippen molar-refractivity contribution in [1.82, 2.24) is 19.7 Å². The molecule has 3 heterocycles. The minimum atomic E-state index is -4.75. The van der Waals surface area contributed by atoms with E-state index in [1.807, 2.05) is 0 Å². The third-order valence-corrected chi connectivity index (χ3v) is 5.74. The van der Waals surface area contributed by atoms with E-state index in [4.69, 9.17) is 21.1 Å². The van der Waals surface area contributed by atoms with Crippen LogP contribution in [0.1, 0.15) is 28.8 Å². The summed E-state index contributed by atoms with van der Waals surface area (Å²) in [6.45, 7) is 2.27. The maximum Gasteiger partial charge on any atom is 0.425 e. The number of aromatic nitrogens is 4. The number of amides is 1. The monoisotopic (exact) mass is 517 g/mol. The molecule has 1 amide bonds. The zero-order valence-corrected chi connectivity index (χ0v) is 19.4. The highest BCUT2D eigenvalue weighted by Gasteiger charge is 2.42. The van der Waals surface area contributed by atoms with Gasteiger partial charge < -0.3 is 24.5 Å². The Morgan fingerprint density at radius 2 is 2.09 bits per heavy atom. The Morgan fingerprint density at radius 1 is 1.40 bits per heavy atom. The van der Waals surface area contributed by atoms with E-state index in [0.717, 1.165) is 19.1 Å². The average Bonchev–Trinajstić information content (AvgIpc) is 3.29. The molecule has 1 saturated heterocycles. The summed E-state index contributed by atoms with van der Waals surface area (Å²) in [6, 6.07) is 1.71. The Kier molecular flexibility index (Phi) is 6.28. The van der Waals surface area contributed by atoms with Gasteiger partial charge in [0.25, 0.3) is 5.91 Å². The van der Waals surface area contributed by atoms with Crippen molar-refractivity contribution < 1.29 is 36.9 Å². The molecule has 0 saturated carbocycles. The van der Waals surface area contributed by atoms with Gasteiger partial charge in [0.1, 0.15) is 28.2 Å². The summed E-state index contributed by atoms with van der Waals surface area (Å²) in [5.41, 5.74) is -1.68. The second-order valence-corrected chi connectivity index (χ2v) is 8.55. The number of anilines is 1. The standard InChI is InChI=1S/C21H20ClF4N5O4/c1-9-16(17(22)30-29-9)28-18(32)12-4-13(23)11(5-15(12)35-10(2)21(24,25)26)14-6-31(3)19(27-14)20(33)7-34-8-20/h4-6,10,33H,7-8H2,1-3H3,(H,28,32)(H,29,30)/t10-/m0/s1. The fourth-order valence-electron chi connectivity index (χ4n) is 3.46. The fourth-order valence-corrected chi connectivity index (χ4v) is 3.69. The lowest BCUT2D eigenvalue weighted by Gasteiger charge is -2.35. The topological polar surface area (TPSA) is 114 Å². The molecule has 1 fully saturated rings. The summed E-state index contributed by atoms with van der Waals surface area (Å²) >= 11 is 5.94. The van der Waals surface area contributed by atoms with Crippen molar-refractivity contribution >= 4 is 23.2 Å². The molecule has 3 aromatic rings. The van der Waals surface area contributed by atoms with Crippen molar-refractivity contribution in [3.8, 4) is 17.0 Å². The SMILES string of the molecule is Cc1n[nH]c(Cl)c1NC(=O)c1cc(F)c(-c2cn(C)c(C3(O)COC3)n2)cc1O[C@@H](C)C(F)(F)F. The van der Waals surface area contributed by atoms with Gasteiger partial charge in [-0.15, -0.1) is 0 Å². The lowest BCUT2D eigenvalue weighted by molar-refractivity contribution is -0.190. The first-order valence-corrected chi connectivity index (χ1v) is 10.6. The lowest BCUT2D eigenvalue weighted by Crippen LogP contribution is -2.48. The molecule has 9 nitrogen and oxygen atoms in total. The molecule has 188 valence electrons. The van der Waals surface area contributed by atoms with Gasteiger partial charge in [-0.3, -0.25) is 9.89 Å². The zero-order valence-electron chi connectivity index (χ0n) is 18.6. The molecule has 0 bridgehead atoms. The van der Waals surface area contributed by atoms with Crippen LogP contribution in [0.25, 0.3) is 11.3 Å². The minimum Gasteiger partial charge on any atom is -0.480 e. The molecule has 0 aliphatic carbocycles. The number of carbonyl (C=O) groups is 1. The molecule has 14 heteroatoms.